The van der Waals surface area contributed by atoms with Crippen LogP contribution in [-0.4, -0.2) is 29.4 Å². The van der Waals surface area contributed by atoms with Gasteiger partial charge in [-0.15, -0.1) is 0 Å². The number of carbonyl (C=O) groups excluding carboxylic acids is 1. The predicted octanol–water partition coefficient (Wildman–Crippen LogP) is 4.40. The zero-order valence-electron chi connectivity index (χ0n) is 16.0. The van der Waals surface area contributed by atoms with Crippen LogP contribution in [0, 0.1) is 13.8 Å². The molecule has 2 aliphatic rings. The zero-order chi connectivity index (χ0) is 18.3. The number of fused-ring (bicyclic) bond motifs is 2. The minimum Gasteiger partial charge on any atom is -0.343 e. The Bertz CT molecular complexity index is 786. The lowest BCUT2D eigenvalue weighted by molar-refractivity contribution is 0.0836. The first-order valence-electron chi connectivity index (χ1n) is 9.68. The van der Waals surface area contributed by atoms with Crippen molar-refractivity contribution in [2.24, 2.45) is 0 Å². The van der Waals surface area contributed by atoms with Gasteiger partial charge in [-0.1, -0.05) is 48.5 Å². The molecule has 0 aliphatic carbocycles. The maximum absolute atomic E-state index is 13.3. The number of rotatable bonds is 4. The van der Waals surface area contributed by atoms with Crippen LogP contribution in [0.4, 0.5) is 0 Å². The van der Waals surface area contributed by atoms with E-state index in [0.29, 0.717) is 6.04 Å². The van der Waals surface area contributed by atoms with E-state index < -0.39 is 0 Å². The highest BCUT2D eigenvalue weighted by atomic mass is 16.1. The van der Waals surface area contributed by atoms with Gasteiger partial charge in [0.15, 0.2) is 0 Å². The van der Waals surface area contributed by atoms with Gasteiger partial charge >= 0.3 is 0 Å². The summed E-state index contributed by atoms with van der Waals surface area (Å²) in [6, 6.07) is 17.2. The minimum absolute atomic E-state index is 0.0210. The number of benzene rings is 2. The van der Waals surface area contributed by atoms with Gasteiger partial charge < -0.3 is 5.32 Å². The molecule has 2 saturated heterocycles. The second-order valence-corrected chi connectivity index (χ2v) is 8.03. The number of aryl methyl sites for hydroxylation is 2. The molecule has 0 saturated carbocycles. The van der Waals surface area contributed by atoms with Crippen LogP contribution in [0.3, 0.4) is 0 Å². The van der Waals surface area contributed by atoms with Crippen LogP contribution in [0.5, 0.6) is 0 Å². The van der Waals surface area contributed by atoms with E-state index in [2.05, 4.69) is 41.5 Å². The second-order valence-electron chi connectivity index (χ2n) is 8.03. The Morgan fingerprint density at radius 3 is 2.19 bits per heavy atom. The zero-order valence-corrected chi connectivity index (χ0v) is 16.0. The van der Waals surface area contributed by atoms with Crippen molar-refractivity contribution < 1.29 is 4.79 Å². The first kappa shape index (κ1) is 17.3. The van der Waals surface area contributed by atoms with Gasteiger partial charge in [-0.3, -0.25) is 9.69 Å². The Kier molecular flexibility index (Phi) is 4.36. The lowest BCUT2D eigenvalue weighted by Gasteiger charge is -2.41. The van der Waals surface area contributed by atoms with E-state index in [1.54, 1.807) is 0 Å². The number of hydrogen-bond donors (Lipinski definition) is 1. The van der Waals surface area contributed by atoms with E-state index >= 15 is 0 Å². The number of amides is 1. The smallest absolute Gasteiger partial charge is 0.252 e. The summed E-state index contributed by atoms with van der Waals surface area (Å²) in [6.07, 6.45) is 4.78. The Morgan fingerprint density at radius 1 is 1.04 bits per heavy atom. The molecule has 1 N–H and O–H groups in total. The topological polar surface area (TPSA) is 32.3 Å². The largest absolute Gasteiger partial charge is 0.343 e. The molecule has 3 nitrogen and oxygen atoms in total. The highest BCUT2D eigenvalue weighted by molar-refractivity contribution is 5.97. The van der Waals surface area contributed by atoms with Gasteiger partial charge in [-0.05, 0) is 63.3 Å². The van der Waals surface area contributed by atoms with Crippen molar-refractivity contribution in [2.75, 3.05) is 7.05 Å². The van der Waals surface area contributed by atoms with Crippen LogP contribution in [0.15, 0.2) is 48.5 Å². The third-order valence-electron chi connectivity index (χ3n) is 6.72. The summed E-state index contributed by atoms with van der Waals surface area (Å²) in [5.74, 6) is 0.0487. The molecule has 1 atom stereocenters. The number of nitrogens with one attached hydrogen (secondary N) is 1. The molecule has 26 heavy (non-hydrogen) atoms. The van der Waals surface area contributed by atoms with Gasteiger partial charge in [-0.25, -0.2) is 0 Å². The fourth-order valence-electron chi connectivity index (χ4n) is 5.25. The Labute approximate surface area is 156 Å². The van der Waals surface area contributed by atoms with Crippen LogP contribution in [0.25, 0.3) is 0 Å². The minimum atomic E-state index is 0.0210. The van der Waals surface area contributed by atoms with E-state index in [0.717, 1.165) is 29.5 Å². The van der Waals surface area contributed by atoms with Crippen molar-refractivity contribution in [3.8, 4) is 0 Å². The molecular formula is C23H28N2O. The van der Waals surface area contributed by atoms with E-state index in [9.17, 15) is 4.79 Å². The Hall–Kier alpha value is -2.13. The second kappa shape index (κ2) is 6.55. The fraction of sp³-hybridized carbons (Fsp3) is 0.435. The molecule has 2 aliphatic heterocycles. The molecule has 4 rings (SSSR count). The SMILES string of the molecule is Cc1cccc(C)c1C(=O)N[C@H](c1ccccc1)C12CCC(CC1)N2C. The number of hydrogen-bond acceptors (Lipinski definition) is 2. The average Bonchev–Trinajstić information content (AvgIpc) is 3.13. The normalized spacial score (nSPS) is 26.0. The van der Waals surface area contributed by atoms with Crippen molar-refractivity contribution in [2.45, 2.75) is 57.2 Å². The van der Waals surface area contributed by atoms with Gasteiger partial charge in [0, 0.05) is 17.1 Å². The van der Waals surface area contributed by atoms with Crippen molar-refractivity contribution in [3.05, 3.63) is 70.8 Å². The number of nitrogens with zero attached hydrogens (tertiary/aromatic N) is 1. The molecule has 2 aromatic rings. The molecule has 3 heteroatoms. The molecule has 136 valence electrons. The summed E-state index contributed by atoms with van der Waals surface area (Å²) in [7, 11) is 2.24. The van der Waals surface area contributed by atoms with Crippen LogP contribution in [0.2, 0.25) is 0 Å². The summed E-state index contributed by atoms with van der Waals surface area (Å²) in [6.45, 7) is 4.04. The first-order chi connectivity index (χ1) is 12.5. The monoisotopic (exact) mass is 348 g/mol. The van der Waals surface area contributed by atoms with Gasteiger partial charge in [0.25, 0.3) is 5.91 Å². The maximum Gasteiger partial charge on any atom is 0.252 e. The molecule has 2 bridgehead atoms. The van der Waals surface area contributed by atoms with Crippen molar-refractivity contribution in [1.82, 2.24) is 10.2 Å². The van der Waals surface area contributed by atoms with E-state index in [4.69, 9.17) is 0 Å². The fourth-order valence-corrected chi connectivity index (χ4v) is 5.25. The molecule has 1 amide bonds. The summed E-state index contributed by atoms with van der Waals surface area (Å²) in [5, 5.41) is 3.44. The third-order valence-corrected chi connectivity index (χ3v) is 6.72. The number of likely N-dealkylation sites (N-methyl/N-ethyl adjacent to an activating group) is 1. The van der Waals surface area contributed by atoms with Crippen molar-refractivity contribution >= 4 is 5.91 Å². The Balaban J connectivity index is 1.72. The summed E-state index contributed by atoms with van der Waals surface area (Å²) in [4.78, 5) is 15.8. The lowest BCUT2D eigenvalue weighted by Crippen LogP contribution is -2.51. The van der Waals surface area contributed by atoms with Gasteiger partial charge in [0.2, 0.25) is 0 Å². The number of carbonyl (C=O) groups is 1. The van der Waals surface area contributed by atoms with E-state index in [1.165, 1.54) is 18.4 Å². The van der Waals surface area contributed by atoms with E-state index in [-0.39, 0.29) is 17.5 Å². The highest BCUT2D eigenvalue weighted by Crippen LogP contribution is 2.51. The van der Waals surface area contributed by atoms with Gasteiger partial charge in [0.05, 0.1) is 6.04 Å². The molecule has 0 radical (unpaired) electrons. The standard InChI is InChI=1S/C23H28N2O/c1-16-8-7-9-17(2)20(16)22(26)24-21(18-10-5-4-6-11-18)23-14-12-19(13-15-23)25(23)3/h4-11,19,21H,12-15H2,1-3H3,(H,24,26)/t19?,21-,23?/m1/s1. The average molecular weight is 348 g/mol. The predicted molar refractivity (Wildman–Crippen MR) is 105 cm³/mol. The van der Waals surface area contributed by atoms with Crippen LogP contribution in [-0.2, 0) is 0 Å². The lowest BCUT2D eigenvalue weighted by atomic mass is 9.78. The van der Waals surface area contributed by atoms with Crippen LogP contribution in [0.1, 0.15) is 58.8 Å². The van der Waals surface area contributed by atoms with E-state index in [1.807, 2.05) is 38.1 Å². The van der Waals surface area contributed by atoms with Crippen molar-refractivity contribution in [3.63, 3.8) is 0 Å². The molecule has 0 aromatic heterocycles. The molecule has 0 spiro atoms. The molecule has 0 unspecified atom stereocenters. The Morgan fingerprint density at radius 2 is 1.65 bits per heavy atom. The quantitative estimate of drug-likeness (QED) is 0.888. The summed E-state index contributed by atoms with van der Waals surface area (Å²) < 4.78 is 0. The van der Waals surface area contributed by atoms with Crippen molar-refractivity contribution in [1.29, 1.82) is 0 Å². The van der Waals surface area contributed by atoms with Crippen LogP contribution >= 0.6 is 0 Å². The van der Waals surface area contributed by atoms with Gasteiger partial charge in [-0.2, -0.15) is 0 Å². The summed E-state index contributed by atoms with van der Waals surface area (Å²) in [5.41, 5.74) is 4.14. The molecule has 2 heterocycles. The highest BCUT2D eigenvalue weighted by Gasteiger charge is 2.54. The molecular weight excluding hydrogens is 320 g/mol. The summed E-state index contributed by atoms with van der Waals surface area (Å²) >= 11 is 0. The van der Waals surface area contributed by atoms with Crippen LogP contribution < -0.4 is 5.32 Å². The first-order valence-corrected chi connectivity index (χ1v) is 9.68. The molecule has 2 fully saturated rings. The maximum atomic E-state index is 13.3. The third kappa shape index (κ3) is 2.66. The van der Waals surface area contributed by atoms with Gasteiger partial charge in [0.1, 0.15) is 0 Å². The molecule has 2 aromatic carbocycles.